The Balaban J connectivity index is 0.000000459. The molecule has 186 valence electrons. The van der Waals surface area contributed by atoms with Crippen LogP contribution in [-0.2, 0) is 4.79 Å². The lowest BCUT2D eigenvalue weighted by Crippen LogP contribution is -2.58. The van der Waals surface area contributed by atoms with E-state index in [4.69, 9.17) is 5.11 Å². The van der Waals surface area contributed by atoms with Gasteiger partial charge in [-0.25, -0.2) is 4.98 Å². The molecule has 4 aliphatic rings. The Morgan fingerprint density at radius 3 is 2.45 bits per heavy atom. The lowest BCUT2D eigenvalue weighted by Gasteiger charge is -2.62. The first-order valence-electron chi connectivity index (χ1n) is 13.2. The van der Waals surface area contributed by atoms with Crippen LogP contribution < -0.4 is 0 Å². The van der Waals surface area contributed by atoms with Gasteiger partial charge in [-0.2, -0.15) is 0 Å². The number of aromatic nitrogens is 2. The van der Waals surface area contributed by atoms with Gasteiger partial charge in [-0.05, 0) is 104 Å². The van der Waals surface area contributed by atoms with Crippen molar-refractivity contribution in [2.75, 3.05) is 0 Å². The van der Waals surface area contributed by atoms with Crippen molar-refractivity contribution in [3.8, 4) is 0 Å². The topological polar surface area (TPSA) is 106 Å². The fourth-order valence-electron chi connectivity index (χ4n) is 8.94. The van der Waals surface area contributed by atoms with E-state index in [1.165, 1.54) is 25.7 Å². The van der Waals surface area contributed by atoms with Crippen LogP contribution in [0, 0.1) is 46.3 Å². The number of carboxylic acids is 1. The van der Waals surface area contributed by atoms with Gasteiger partial charge in [0.05, 0.1) is 18.5 Å². The number of hydrogen-bond donors (Lipinski definition) is 4. The lowest BCUT2D eigenvalue weighted by atomic mass is 9.43. The maximum absolute atomic E-state index is 11.2. The van der Waals surface area contributed by atoms with Crippen molar-refractivity contribution < 1.29 is 20.1 Å². The van der Waals surface area contributed by atoms with Crippen LogP contribution in [-0.4, -0.2) is 43.5 Å². The summed E-state index contributed by atoms with van der Waals surface area (Å²) in [5.41, 5.74) is 0.523. The van der Waals surface area contributed by atoms with E-state index in [1.807, 2.05) is 0 Å². The van der Waals surface area contributed by atoms with E-state index in [0.717, 1.165) is 32.1 Å². The Kier molecular flexibility index (Phi) is 7.26. The number of aromatic amines is 1. The molecule has 0 aromatic carbocycles. The van der Waals surface area contributed by atoms with Crippen molar-refractivity contribution in [2.45, 2.75) is 97.2 Å². The average molecular weight is 461 g/mol. The highest BCUT2D eigenvalue weighted by molar-refractivity contribution is 5.66. The first-order chi connectivity index (χ1) is 15.7. The van der Waals surface area contributed by atoms with E-state index in [1.54, 1.807) is 18.7 Å². The number of carboxylic acid groups (broad SMARTS) is 1. The third-order valence-electron chi connectivity index (χ3n) is 10.6. The smallest absolute Gasteiger partial charge is 0.303 e. The number of nitrogens with one attached hydrogen (secondary N) is 1. The third-order valence-corrected chi connectivity index (χ3v) is 10.6. The molecule has 33 heavy (non-hydrogen) atoms. The van der Waals surface area contributed by atoms with Gasteiger partial charge in [-0.3, -0.25) is 4.79 Å². The van der Waals surface area contributed by atoms with Gasteiger partial charge in [0, 0.05) is 18.8 Å². The van der Waals surface area contributed by atoms with Gasteiger partial charge in [-0.15, -0.1) is 0 Å². The highest BCUT2D eigenvalue weighted by atomic mass is 16.4. The summed E-state index contributed by atoms with van der Waals surface area (Å²) in [7, 11) is 0. The number of H-pyrrole nitrogens is 1. The predicted molar refractivity (Wildman–Crippen MR) is 127 cm³/mol. The molecule has 0 unspecified atom stereocenters. The molecular formula is C27H44N2O4. The number of aliphatic hydroxyl groups is 2. The van der Waals surface area contributed by atoms with E-state index in [-0.39, 0.29) is 29.5 Å². The summed E-state index contributed by atoms with van der Waals surface area (Å²) in [6, 6.07) is 0. The summed E-state index contributed by atoms with van der Waals surface area (Å²) in [5.74, 6) is 2.36. The first-order valence-corrected chi connectivity index (χ1v) is 13.2. The van der Waals surface area contributed by atoms with Crippen molar-refractivity contribution >= 4 is 5.97 Å². The number of carbonyl (C=O) groups is 1. The molecular weight excluding hydrogens is 416 g/mol. The van der Waals surface area contributed by atoms with Crippen LogP contribution in [0.4, 0.5) is 0 Å². The van der Waals surface area contributed by atoms with Crippen molar-refractivity contribution in [1.82, 2.24) is 9.97 Å². The van der Waals surface area contributed by atoms with E-state index in [9.17, 15) is 15.0 Å². The zero-order valence-electron chi connectivity index (χ0n) is 20.6. The fourth-order valence-corrected chi connectivity index (χ4v) is 8.94. The fraction of sp³-hybridized carbons (Fsp3) is 0.852. The van der Waals surface area contributed by atoms with E-state index in [2.05, 4.69) is 30.7 Å². The minimum atomic E-state index is -0.684. The predicted octanol–water partition coefficient (Wildman–Crippen LogP) is 4.89. The Morgan fingerprint density at radius 2 is 1.82 bits per heavy atom. The molecule has 5 rings (SSSR count). The summed E-state index contributed by atoms with van der Waals surface area (Å²) >= 11 is 0. The Morgan fingerprint density at radius 1 is 1.09 bits per heavy atom. The molecule has 6 nitrogen and oxygen atoms in total. The van der Waals surface area contributed by atoms with Crippen LogP contribution in [0.15, 0.2) is 18.7 Å². The molecule has 6 heteroatoms. The summed E-state index contributed by atoms with van der Waals surface area (Å²) in [6.07, 6.45) is 14.3. The Bertz CT molecular complexity index is 768. The number of aliphatic carboxylic acids is 1. The molecule has 4 N–H and O–H groups in total. The molecule has 0 spiro atoms. The highest BCUT2D eigenvalue weighted by Gasteiger charge is 2.62. The quantitative estimate of drug-likeness (QED) is 0.512. The van der Waals surface area contributed by atoms with Gasteiger partial charge in [0.15, 0.2) is 0 Å². The van der Waals surface area contributed by atoms with E-state index in [0.29, 0.717) is 35.5 Å². The van der Waals surface area contributed by atoms with Gasteiger partial charge >= 0.3 is 5.97 Å². The van der Waals surface area contributed by atoms with Crippen molar-refractivity contribution in [2.24, 2.45) is 46.3 Å². The zero-order valence-corrected chi connectivity index (χ0v) is 20.6. The van der Waals surface area contributed by atoms with Gasteiger partial charge in [0.2, 0.25) is 0 Å². The number of rotatable bonds is 4. The molecule has 0 bridgehead atoms. The van der Waals surface area contributed by atoms with E-state index < -0.39 is 5.97 Å². The number of nitrogens with zero attached hydrogens (tertiary/aromatic N) is 1. The number of fused-ring (bicyclic) bond motifs is 5. The molecule has 4 aliphatic carbocycles. The van der Waals surface area contributed by atoms with Crippen LogP contribution in [0.2, 0.25) is 0 Å². The van der Waals surface area contributed by atoms with Gasteiger partial charge in [0.25, 0.3) is 0 Å². The second kappa shape index (κ2) is 9.69. The summed E-state index contributed by atoms with van der Waals surface area (Å²) in [6.45, 7) is 7.16. The van der Waals surface area contributed by atoms with Crippen molar-refractivity contribution in [3.05, 3.63) is 18.7 Å². The zero-order chi connectivity index (χ0) is 23.8. The number of hydrogen-bond acceptors (Lipinski definition) is 4. The second-order valence-electron chi connectivity index (χ2n) is 12.1. The van der Waals surface area contributed by atoms with Crippen LogP contribution in [0.1, 0.15) is 85.0 Å². The van der Waals surface area contributed by atoms with Gasteiger partial charge < -0.3 is 20.3 Å². The molecule has 1 heterocycles. The Labute approximate surface area is 198 Å². The molecule has 4 fully saturated rings. The molecule has 0 saturated heterocycles. The minimum Gasteiger partial charge on any atom is -0.481 e. The van der Waals surface area contributed by atoms with E-state index >= 15 is 0 Å². The minimum absolute atomic E-state index is 0.179. The molecule has 4 saturated carbocycles. The second-order valence-corrected chi connectivity index (χ2v) is 12.1. The van der Waals surface area contributed by atoms with Crippen molar-refractivity contribution in [3.63, 3.8) is 0 Å². The first kappa shape index (κ1) is 24.7. The van der Waals surface area contributed by atoms with Crippen LogP contribution in [0.3, 0.4) is 0 Å². The molecule has 1 aromatic rings. The highest BCUT2D eigenvalue weighted by Crippen LogP contribution is 2.68. The average Bonchev–Trinajstić information content (AvgIpc) is 3.45. The largest absolute Gasteiger partial charge is 0.481 e. The number of aliphatic hydroxyl groups excluding tert-OH is 2. The molecule has 0 aliphatic heterocycles. The molecule has 10 atom stereocenters. The maximum Gasteiger partial charge on any atom is 0.303 e. The lowest BCUT2D eigenvalue weighted by molar-refractivity contribution is -0.174. The summed E-state index contributed by atoms with van der Waals surface area (Å²) in [4.78, 5) is 17.5. The number of imidazole rings is 1. The van der Waals surface area contributed by atoms with Crippen LogP contribution >= 0.6 is 0 Å². The van der Waals surface area contributed by atoms with Crippen LogP contribution in [0.25, 0.3) is 0 Å². The molecule has 1 aromatic heterocycles. The third kappa shape index (κ3) is 4.62. The van der Waals surface area contributed by atoms with Gasteiger partial charge in [0.1, 0.15) is 0 Å². The molecule has 0 amide bonds. The van der Waals surface area contributed by atoms with Crippen LogP contribution in [0.5, 0.6) is 0 Å². The molecule has 0 radical (unpaired) electrons. The summed E-state index contributed by atoms with van der Waals surface area (Å²) < 4.78 is 0. The summed E-state index contributed by atoms with van der Waals surface area (Å²) in [5, 5.41) is 30.5. The van der Waals surface area contributed by atoms with Gasteiger partial charge in [-0.1, -0.05) is 20.8 Å². The standard InChI is InChI=1S/C24H40O4.C3H4N2/c1-14(4-7-21(27)28)17-5-6-18-22-19(9-11-24(17,18)3)23(2)10-8-16(25)12-15(23)13-20(22)26;1-2-5-3-4-1/h14-20,22,25-26H,4-13H2,1-3H3,(H,27,28);1-3H,(H,4,5)/t14-,15+,16-,17-,18+,19+,20+,22+,23+,24-;/m1./s1. The normalized spacial score (nSPS) is 45.1. The monoisotopic (exact) mass is 460 g/mol. The van der Waals surface area contributed by atoms with Crippen molar-refractivity contribution in [1.29, 1.82) is 0 Å². The Hall–Kier alpha value is -1.40. The maximum atomic E-state index is 11.2. The SMILES string of the molecule is C[C@H](CCC(=O)O)[C@H]1CC[C@H]2[C@@H]3[C@@H](O)C[C@@H]4C[C@H](O)CC[C@]4(C)[C@H]3CC[C@]12C.c1c[nH]cn1.